The first-order valence-electron chi connectivity index (χ1n) is 8.18. The van der Waals surface area contributed by atoms with Crippen molar-refractivity contribution in [3.8, 4) is 0 Å². The Labute approximate surface area is 124 Å². The van der Waals surface area contributed by atoms with Gasteiger partial charge in [-0.25, -0.2) is 13.1 Å². The van der Waals surface area contributed by atoms with Gasteiger partial charge in [-0.3, -0.25) is 0 Å². The molecule has 1 saturated carbocycles. The normalized spacial score (nSPS) is 35.9. The topological polar surface area (TPSA) is 58.2 Å². The van der Waals surface area contributed by atoms with E-state index >= 15 is 0 Å². The van der Waals surface area contributed by atoms with Crippen LogP contribution in [-0.2, 0) is 10.0 Å². The van der Waals surface area contributed by atoms with Crippen LogP contribution in [0.5, 0.6) is 0 Å². The molecular weight excluding hydrogens is 272 g/mol. The van der Waals surface area contributed by atoms with Crippen molar-refractivity contribution in [2.24, 2.45) is 11.8 Å². The summed E-state index contributed by atoms with van der Waals surface area (Å²) in [6, 6.07) is 0.544. The van der Waals surface area contributed by atoms with Crippen molar-refractivity contribution in [2.45, 2.75) is 70.9 Å². The minimum Gasteiger partial charge on any atom is -0.314 e. The molecule has 0 aromatic rings. The van der Waals surface area contributed by atoms with Gasteiger partial charge in [0.05, 0.1) is 5.75 Å². The van der Waals surface area contributed by atoms with Gasteiger partial charge in [0, 0.05) is 12.1 Å². The summed E-state index contributed by atoms with van der Waals surface area (Å²) in [6.07, 6.45) is 7.52. The Morgan fingerprint density at radius 1 is 1.10 bits per heavy atom. The fourth-order valence-electron chi connectivity index (χ4n) is 3.82. The highest BCUT2D eigenvalue weighted by Crippen LogP contribution is 2.28. The van der Waals surface area contributed by atoms with Gasteiger partial charge in [-0.2, -0.15) is 0 Å². The third-order valence-corrected chi connectivity index (χ3v) is 6.14. The van der Waals surface area contributed by atoms with E-state index in [1.165, 1.54) is 19.3 Å². The monoisotopic (exact) mass is 302 g/mol. The highest BCUT2D eigenvalue weighted by molar-refractivity contribution is 7.89. The summed E-state index contributed by atoms with van der Waals surface area (Å²) in [5.74, 6) is 1.53. The molecule has 0 spiro atoms. The molecule has 1 aliphatic heterocycles. The fraction of sp³-hybridized carbons (Fsp3) is 1.00. The van der Waals surface area contributed by atoms with Crippen LogP contribution in [0.2, 0.25) is 0 Å². The number of rotatable bonds is 5. The molecule has 2 aliphatic rings. The molecule has 0 bridgehead atoms. The average Bonchev–Trinajstić information content (AvgIpc) is 2.36. The quantitative estimate of drug-likeness (QED) is 0.819. The zero-order valence-electron chi connectivity index (χ0n) is 12.9. The number of sulfonamides is 1. The Morgan fingerprint density at radius 3 is 2.40 bits per heavy atom. The van der Waals surface area contributed by atoms with Gasteiger partial charge in [-0.05, 0) is 56.9 Å². The third-order valence-electron chi connectivity index (χ3n) is 4.67. The van der Waals surface area contributed by atoms with E-state index in [1.54, 1.807) is 0 Å². The molecule has 0 amide bonds. The minimum absolute atomic E-state index is 0.151. The lowest BCUT2D eigenvalue weighted by Gasteiger charge is -2.32. The standard InChI is InChI=1S/C15H30N2O2S/c1-12-9-13(2)11-15(10-12)17-20(18,19)8-6-14-5-3-4-7-16-14/h12-17H,3-11H2,1-2H3. The van der Waals surface area contributed by atoms with Crippen molar-refractivity contribution in [3.05, 3.63) is 0 Å². The molecule has 20 heavy (non-hydrogen) atoms. The lowest BCUT2D eigenvalue weighted by atomic mass is 9.81. The number of hydrogen-bond donors (Lipinski definition) is 2. The van der Waals surface area contributed by atoms with Gasteiger partial charge in [0.15, 0.2) is 0 Å². The molecule has 1 aliphatic carbocycles. The molecule has 1 saturated heterocycles. The smallest absolute Gasteiger partial charge is 0.211 e. The van der Waals surface area contributed by atoms with Gasteiger partial charge in [0.1, 0.15) is 0 Å². The summed E-state index contributed by atoms with van der Waals surface area (Å²) in [7, 11) is -3.12. The van der Waals surface area contributed by atoms with Crippen LogP contribution in [-0.4, -0.2) is 32.8 Å². The van der Waals surface area contributed by atoms with Gasteiger partial charge in [0.25, 0.3) is 0 Å². The maximum atomic E-state index is 12.2. The second-order valence-electron chi connectivity index (χ2n) is 6.99. The summed E-state index contributed by atoms with van der Waals surface area (Å²) >= 11 is 0. The highest BCUT2D eigenvalue weighted by atomic mass is 32.2. The predicted octanol–water partition coefficient (Wildman–Crippen LogP) is 2.26. The molecule has 4 nitrogen and oxygen atoms in total. The SMILES string of the molecule is CC1CC(C)CC(NS(=O)(=O)CCC2CCCCN2)C1. The van der Waals surface area contributed by atoms with Crippen molar-refractivity contribution >= 4 is 10.0 Å². The van der Waals surface area contributed by atoms with E-state index in [2.05, 4.69) is 23.9 Å². The molecule has 3 atom stereocenters. The summed E-state index contributed by atoms with van der Waals surface area (Å²) in [5, 5.41) is 3.42. The summed E-state index contributed by atoms with van der Waals surface area (Å²) in [5.41, 5.74) is 0. The second-order valence-corrected chi connectivity index (χ2v) is 8.86. The first-order valence-corrected chi connectivity index (χ1v) is 9.83. The van der Waals surface area contributed by atoms with Crippen LogP contribution in [0, 0.1) is 11.8 Å². The van der Waals surface area contributed by atoms with Crippen molar-refractivity contribution in [3.63, 3.8) is 0 Å². The molecule has 118 valence electrons. The summed E-state index contributed by atoms with van der Waals surface area (Å²) in [6.45, 7) is 5.49. The molecule has 2 N–H and O–H groups in total. The minimum atomic E-state index is -3.12. The lowest BCUT2D eigenvalue weighted by molar-refractivity contribution is 0.257. The molecular formula is C15H30N2O2S. The van der Waals surface area contributed by atoms with Crippen molar-refractivity contribution in [1.82, 2.24) is 10.0 Å². The first-order chi connectivity index (χ1) is 9.44. The zero-order chi connectivity index (χ0) is 14.6. The van der Waals surface area contributed by atoms with Crippen LogP contribution >= 0.6 is 0 Å². The largest absolute Gasteiger partial charge is 0.314 e. The Morgan fingerprint density at radius 2 is 1.80 bits per heavy atom. The molecule has 2 fully saturated rings. The van der Waals surface area contributed by atoms with Crippen LogP contribution in [0.15, 0.2) is 0 Å². The fourth-order valence-corrected chi connectivity index (χ4v) is 5.24. The van der Waals surface area contributed by atoms with Gasteiger partial charge >= 0.3 is 0 Å². The van der Waals surface area contributed by atoms with Crippen LogP contribution < -0.4 is 10.0 Å². The van der Waals surface area contributed by atoms with Gasteiger partial charge in [-0.15, -0.1) is 0 Å². The number of hydrogen-bond acceptors (Lipinski definition) is 3. The van der Waals surface area contributed by atoms with Crippen molar-refractivity contribution < 1.29 is 8.42 Å². The highest BCUT2D eigenvalue weighted by Gasteiger charge is 2.27. The van der Waals surface area contributed by atoms with E-state index in [0.29, 0.717) is 17.9 Å². The van der Waals surface area contributed by atoms with Crippen molar-refractivity contribution in [2.75, 3.05) is 12.3 Å². The molecule has 5 heteroatoms. The van der Waals surface area contributed by atoms with Crippen LogP contribution in [0.1, 0.15) is 58.8 Å². The molecule has 3 unspecified atom stereocenters. The van der Waals surface area contributed by atoms with E-state index in [4.69, 9.17) is 0 Å². The average molecular weight is 302 g/mol. The van der Waals surface area contributed by atoms with E-state index in [9.17, 15) is 8.42 Å². The summed E-state index contributed by atoms with van der Waals surface area (Å²) < 4.78 is 27.4. The number of piperidine rings is 1. The van der Waals surface area contributed by atoms with Crippen LogP contribution in [0.25, 0.3) is 0 Å². The van der Waals surface area contributed by atoms with E-state index in [0.717, 1.165) is 32.2 Å². The molecule has 0 radical (unpaired) electrons. The van der Waals surface area contributed by atoms with Crippen molar-refractivity contribution in [1.29, 1.82) is 0 Å². The van der Waals surface area contributed by atoms with E-state index < -0.39 is 10.0 Å². The molecule has 2 rings (SSSR count). The third kappa shape index (κ3) is 5.34. The van der Waals surface area contributed by atoms with Crippen LogP contribution in [0.4, 0.5) is 0 Å². The van der Waals surface area contributed by atoms with E-state index in [-0.39, 0.29) is 11.8 Å². The van der Waals surface area contributed by atoms with Crippen LogP contribution in [0.3, 0.4) is 0 Å². The Hall–Kier alpha value is -0.130. The Balaban J connectivity index is 1.77. The predicted molar refractivity (Wildman–Crippen MR) is 83.1 cm³/mol. The van der Waals surface area contributed by atoms with Gasteiger partial charge < -0.3 is 5.32 Å². The Bertz CT molecular complexity index is 381. The summed E-state index contributed by atoms with van der Waals surface area (Å²) in [4.78, 5) is 0. The molecule has 1 heterocycles. The van der Waals surface area contributed by atoms with E-state index in [1.807, 2.05) is 0 Å². The maximum absolute atomic E-state index is 12.2. The molecule has 0 aromatic heterocycles. The zero-order valence-corrected chi connectivity index (χ0v) is 13.7. The van der Waals surface area contributed by atoms with Gasteiger partial charge in [-0.1, -0.05) is 20.3 Å². The lowest BCUT2D eigenvalue weighted by Crippen LogP contribution is -2.42. The molecule has 0 aromatic carbocycles. The van der Waals surface area contributed by atoms with Gasteiger partial charge in [0.2, 0.25) is 10.0 Å². The first kappa shape index (κ1) is 16.2. The Kier molecular flexibility index (Phi) is 5.87. The second kappa shape index (κ2) is 7.23. The maximum Gasteiger partial charge on any atom is 0.211 e. The number of nitrogens with one attached hydrogen (secondary N) is 2.